The van der Waals surface area contributed by atoms with E-state index in [0.717, 1.165) is 11.3 Å². The maximum absolute atomic E-state index is 9.70. The van der Waals surface area contributed by atoms with Crippen molar-refractivity contribution in [1.82, 2.24) is 5.32 Å². The van der Waals surface area contributed by atoms with Gasteiger partial charge in [-0.2, -0.15) is 0 Å². The van der Waals surface area contributed by atoms with Gasteiger partial charge in [0, 0.05) is 6.54 Å². The molecule has 1 aromatic rings. The molecule has 0 saturated carbocycles. The maximum atomic E-state index is 9.70. The first-order chi connectivity index (χ1) is 6.77. The Hall–Kier alpha value is -1.06. The molecule has 0 spiro atoms. The van der Waals surface area contributed by atoms with Gasteiger partial charge in [0.15, 0.2) is 0 Å². The van der Waals surface area contributed by atoms with Crippen molar-refractivity contribution < 1.29 is 9.84 Å². The first kappa shape index (κ1) is 11.0. The molecule has 0 aliphatic heterocycles. The number of aliphatic hydroxyl groups excluding tert-OH is 1. The summed E-state index contributed by atoms with van der Waals surface area (Å²) in [6, 6.07) is 7.54. The number of aliphatic hydroxyl groups is 1. The van der Waals surface area contributed by atoms with Crippen LogP contribution in [0.4, 0.5) is 0 Å². The summed E-state index contributed by atoms with van der Waals surface area (Å²) in [4.78, 5) is 0. The van der Waals surface area contributed by atoms with Gasteiger partial charge >= 0.3 is 0 Å². The van der Waals surface area contributed by atoms with Crippen molar-refractivity contribution in [3.05, 3.63) is 29.8 Å². The van der Waals surface area contributed by atoms with Crippen LogP contribution in [-0.2, 0) is 0 Å². The van der Waals surface area contributed by atoms with Gasteiger partial charge in [-0.25, -0.2) is 0 Å². The molecule has 0 radical (unpaired) electrons. The summed E-state index contributed by atoms with van der Waals surface area (Å²) in [7, 11) is 1.82. The molecule has 0 heterocycles. The molecule has 78 valence electrons. The zero-order valence-electron chi connectivity index (χ0n) is 8.66. The van der Waals surface area contributed by atoms with Gasteiger partial charge in [-0.15, -0.1) is 0 Å². The van der Waals surface area contributed by atoms with Crippen LogP contribution in [0.2, 0.25) is 0 Å². The predicted molar refractivity (Wildman–Crippen MR) is 56.5 cm³/mol. The second kappa shape index (κ2) is 5.62. The number of ether oxygens (including phenoxy) is 1. The molecule has 14 heavy (non-hydrogen) atoms. The van der Waals surface area contributed by atoms with Crippen LogP contribution in [0.5, 0.6) is 5.75 Å². The molecule has 3 heteroatoms. The molecule has 0 fully saturated rings. The van der Waals surface area contributed by atoms with Crippen molar-refractivity contribution in [1.29, 1.82) is 0 Å². The monoisotopic (exact) mass is 195 g/mol. The summed E-state index contributed by atoms with van der Waals surface area (Å²) in [6.07, 6.45) is -0.472. The van der Waals surface area contributed by atoms with Crippen LogP contribution >= 0.6 is 0 Å². The second-order valence-electron chi connectivity index (χ2n) is 3.08. The lowest BCUT2D eigenvalue weighted by molar-refractivity contribution is 0.177. The minimum Gasteiger partial charge on any atom is -0.494 e. The van der Waals surface area contributed by atoms with E-state index < -0.39 is 6.10 Å². The Morgan fingerprint density at radius 2 is 2.29 bits per heavy atom. The smallest absolute Gasteiger partial charge is 0.119 e. The van der Waals surface area contributed by atoms with Gasteiger partial charge in [0.25, 0.3) is 0 Å². The molecule has 0 saturated heterocycles. The molecule has 2 N–H and O–H groups in total. The lowest BCUT2D eigenvalue weighted by Gasteiger charge is -2.11. The van der Waals surface area contributed by atoms with Gasteiger partial charge in [0.2, 0.25) is 0 Å². The summed E-state index contributed by atoms with van der Waals surface area (Å²) in [5.41, 5.74) is 0.880. The highest BCUT2D eigenvalue weighted by molar-refractivity contribution is 5.29. The van der Waals surface area contributed by atoms with Crippen LogP contribution in [0.1, 0.15) is 18.6 Å². The third-order valence-electron chi connectivity index (χ3n) is 1.95. The quantitative estimate of drug-likeness (QED) is 0.745. The lowest BCUT2D eigenvalue weighted by Crippen LogP contribution is -2.16. The Morgan fingerprint density at radius 3 is 2.93 bits per heavy atom. The van der Waals surface area contributed by atoms with Crippen LogP contribution < -0.4 is 10.1 Å². The van der Waals surface area contributed by atoms with Crippen LogP contribution in [0, 0.1) is 0 Å². The minimum atomic E-state index is -0.472. The molecular formula is C11H17NO2. The van der Waals surface area contributed by atoms with Gasteiger partial charge in [-0.1, -0.05) is 12.1 Å². The van der Waals surface area contributed by atoms with Crippen molar-refractivity contribution in [2.75, 3.05) is 20.2 Å². The van der Waals surface area contributed by atoms with Gasteiger partial charge in [0.05, 0.1) is 12.7 Å². The van der Waals surface area contributed by atoms with Crippen molar-refractivity contribution in [3.8, 4) is 5.75 Å². The Morgan fingerprint density at radius 1 is 1.50 bits per heavy atom. The Balaban J connectivity index is 2.71. The van der Waals surface area contributed by atoms with Gasteiger partial charge in [-0.05, 0) is 31.7 Å². The Kier molecular flexibility index (Phi) is 4.43. The molecule has 1 aromatic carbocycles. The van der Waals surface area contributed by atoms with Crippen LogP contribution in [0.3, 0.4) is 0 Å². The highest BCUT2D eigenvalue weighted by Gasteiger charge is 2.06. The number of likely N-dealkylation sites (N-methyl/N-ethyl adjacent to an activating group) is 1. The van der Waals surface area contributed by atoms with Crippen molar-refractivity contribution >= 4 is 0 Å². The van der Waals surface area contributed by atoms with Gasteiger partial charge in [0.1, 0.15) is 5.75 Å². The van der Waals surface area contributed by atoms with Crippen LogP contribution in [-0.4, -0.2) is 25.3 Å². The average molecular weight is 195 g/mol. The summed E-state index contributed by atoms with van der Waals surface area (Å²) < 4.78 is 5.34. The molecule has 3 nitrogen and oxygen atoms in total. The number of hydrogen-bond donors (Lipinski definition) is 2. The predicted octanol–water partition coefficient (Wildman–Crippen LogP) is 1.34. The number of nitrogens with one attached hydrogen (secondary N) is 1. The van der Waals surface area contributed by atoms with E-state index in [-0.39, 0.29) is 0 Å². The maximum Gasteiger partial charge on any atom is 0.119 e. The van der Waals surface area contributed by atoms with E-state index >= 15 is 0 Å². The topological polar surface area (TPSA) is 41.5 Å². The van der Waals surface area contributed by atoms with E-state index in [9.17, 15) is 5.11 Å². The lowest BCUT2D eigenvalue weighted by atomic mass is 10.1. The van der Waals surface area contributed by atoms with Crippen molar-refractivity contribution in [2.45, 2.75) is 13.0 Å². The largest absolute Gasteiger partial charge is 0.494 e. The van der Waals surface area contributed by atoms with E-state index in [2.05, 4.69) is 5.32 Å². The first-order valence-corrected chi connectivity index (χ1v) is 4.83. The SMILES string of the molecule is CCOc1cccc([C@@H](O)CNC)c1. The van der Waals surface area contributed by atoms with E-state index in [1.165, 1.54) is 0 Å². The zero-order valence-corrected chi connectivity index (χ0v) is 8.66. The van der Waals surface area contributed by atoms with Crippen molar-refractivity contribution in [2.24, 2.45) is 0 Å². The van der Waals surface area contributed by atoms with E-state index in [1.807, 2.05) is 38.2 Å². The average Bonchev–Trinajstić information content (AvgIpc) is 2.19. The molecule has 0 aliphatic carbocycles. The van der Waals surface area contributed by atoms with E-state index in [0.29, 0.717) is 13.2 Å². The molecule has 0 bridgehead atoms. The van der Waals surface area contributed by atoms with E-state index in [4.69, 9.17) is 4.74 Å². The van der Waals surface area contributed by atoms with Gasteiger partial charge < -0.3 is 15.2 Å². The Labute approximate surface area is 84.7 Å². The zero-order chi connectivity index (χ0) is 10.4. The molecular weight excluding hydrogens is 178 g/mol. The molecule has 0 aromatic heterocycles. The molecule has 0 aliphatic rings. The fourth-order valence-electron chi connectivity index (χ4n) is 1.29. The summed E-state index contributed by atoms with van der Waals surface area (Å²) in [6.45, 7) is 3.14. The molecule has 0 unspecified atom stereocenters. The second-order valence-corrected chi connectivity index (χ2v) is 3.08. The fraction of sp³-hybridized carbons (Fsp3) is 0.455. The van der Waals surface area contributed by atoms with Crippen LogP contribution in [0.25, 0.3) is 0 Å². The molecule has 1 rings (SSSR count). The van der Waals surface area contributed by atoms with Gasteiger partial charge in [-0.3, -0.25) is 0 Å². The minimum absolute atomic E-state index is 0.472. The highest BCUT2D eigenvalue weighted by atomic mass is 16.5. The standard InChI is InChI=1S/C11H17NO2/c1-3-14-10-6-4-5-9(7-10)11(13)8-12-2/h4-7,11-13H,3,8H2,1-2H3/t11-/m0/s1. The summed E-state index contributed by atoms with van der Waals surface area (Å²) in [5.74, 6) is 0.806. The third-order valence-corrected chi connectivity index (χ3v) is 1.95. The number of benzene rings is 1. The summed E-state index contributed by atoms with van der Waals surface area (Å²) in [5, 5.41) is 12.6. The number of hydrogen-bond acceptors (Lipinski definition) is 3. The molecule has 1 atom stereocenters. The third kappa shape index (κ3) is 3.01. The van der Waals surface area contributed by atoms with Crippen molar-refractivity contribution in [3.63, 3.8) is 0 Å². The van der Waals surface area contributed by atoms with Crippen LogP contribution in [0.15, 0.2) is 24.3 Å². The normalized spacial score (nSPS) is 12.5. The highest BCUT2D eigenvalue weighted by Crippen LogP contribution is 2.18. The van der Waals surface area contributed by atoms with E-state index in [1.54, 1.807) is 0 Å². The summed E-state index contributed by atoms with van der Waals surface area (Å²) >= 11 is 0. The fourth-order valence-corrected chi connectivity index (χ4v) is 1.29. The number of rotatable bonds is 5. The first-order valence-electron chi connectivity index (χ1n) is 4.83. The molecule has 0 amide bonds. The Bertz CT molecular complexity index is 276.